The maximum Gasteiger partial charge on any atom is 0.136 e. The number of rotatable bonds is 5. The van der Waals surface area contributed by atoms with Gasteiger partial charge in [-0.05, 0) is 92.0 Å². The van der Waals surface area contributed by atoms with Crippen molar-refractivity contribution in [1.82, 2.24) is 0 Å². The molecule has 2 aliphatic rings. The Morgan fingerprint density at radius 3 is 1.62 bits per heavy atom. The number of hydrogen-bond donors (Lipinski definition) is 0. The summed E-state index contributed by atoms with van der Waals surface area (Å²) in [5, 5.41) is 2.29. The van der Waals surface area contributed by atoms with Crippen molar-refractivity contribution >= 4 is 39.0 Å². The third-order valence-electron chi connectivity index (χ3n) is 12.7. The Balaban J connectivity index is 1.15. The Hall–Kier alpha value is -6.64. The number of para-hydroxylation sites is 2. The normalized spacial score (nSPS) is 14.4. The van der Waals surface area contributed by atoms with Gasteiger partial charge < -0.3 is 9.32 Å². The highest BCUT2D eigenvalue weighted by Gasteiger charge is 2.39. The molecule has 1 heterocycles. The molecule has 0 N–H and O–H groups in total. The van der Waals surface area contributed by atoms with Gasteiger partial charge in [0, 0.05) is 38.4 Å². The quantitative estimate of drug-likeness (QED) is 0.176. The van der Waals surface area contributed by atoms with Crippen LogP contribution >= 0.6 is 0 Å². The average Bonchev–Trinajstić information content (AvgIpc) is 3.82. The summed E-state index contributed by atoms with van der Waals surface area (Å²) in [6, 6.07) is 64.6. The van der Waals surface area contributed by atoms with E-state index < -0.39 is 0 Å². The molecule has 0 saturated heterocycles. The molecule has 268 valence electrons. The molecule has 11 rings (SSSR count). The molecule has 0 radical (unpaired) electrons. The summed E-state index contributed by atoms with van der Waals surface area (Å²) in [6.07, 6.45) is 0. The van der Waals surface area contributed by atoms with Gasteiger partial charge in [-0.15, -0.1) is 0 Å². The van der Waals surface area contributed by atoms with E-state index in [4.69, 9.17) is 4.42 Å². The van der Waals surface area contributed by atoms with Crippen molar-refractivity contribution in [3.8, 4) is 44.5 Å². The van der Waals surface area contributed by atoms with E-state index in [1.807, 2.05) is 6.07 Å². The molecule has 2 heteroatoms. The van der Waals surface area contributed by atoms with Crippen LogP contribution in [-0.2, 0) is 10.8 Å². The van der Waals surface area contributed by atoms with Gasteiger partial charge in [0.15, 0.2) is 0 Å². The van der Waals surface area contributed by atoms with Crippen molar-refractivity contribution in [2.75, 3.05) is 4.90 Å². The molecule has 1 aromatic heterocycles. The second-order valence-electron chi connectivity index (χ2n) is 16.4. The fourth-order valence-electron chi connectivity index (χ4n) is 10.0. The van der Waals surface area contributed by atoms with Gasteiger partial charge in [0.25, 0.3) is 0 Å². The van der Waals surface area contributed by atoms with Crippen LogP contribution in [0.1, 0.15) is 49.9 Å². The maximum atomic E-state index is 6.29. The molecule has 0 fully saturated rings. The molecule has 56 heavy (non-hydrogen) atoms. The molecule has 2 nitrogen and oxygen atoms in total. The number of nitrogens with zero attached hydrogens (tertiary/aromatic N) is 1. The predicted molar refractivity (Wildman–Crippen MR) is 234 cm³/mol. The van der Waals surface area contributed by atoms with Crippen molar-refractivity contribution in [2.45, 2.75) is 38.5 Å². The fourth-order valence-corrected chi connectivity index (χ4v) is 10.0. The van der Waals surface area contributed by atoms with Gasteiger partial charge in [-0.3, -0.25) is 0 Å². The summed E-state index contributed by atoms with van der Waals surface area (Å²) in [5.41, 5.74) is 20.6. The molecular weight excluding hydrogens is 679 g/mol. The Morgan fingerprint density at radius 1 is 0.375 bits per heavy atom. The van der Waals surface area contributed by atoms with Crippen LogP contribution in [0.25, 0.3) is 66.4 Å². The second kappa shape index (κ2) is 11.9. The Kier molecular flexibility index (Phi) is 6.98. The number of hydrogen-bond acceptors (Lipinski definition) is 2. The van der Waals surface area contributed by atoms with Gasteiger partial charge in [-0.2, -0.15) is 0 Å². The van der Waals surface area contributed by atoms with E-state index in [-0.39, 0.29) is 10.8 Å². The van der Waals surface area contributed by atoms with Gasteiger partial charge in [0.05, 0.1) is 11.4 Å². The van der Waals surface area contributed by atoms with Crippen molar-refractivity contribution in [2.24, 2.45) is 0 Å². The van der Waals surface area contributed by atoms with Crippen molar-refractivity contribution in [3.63, 3.8) is 0 Å². The molecule has 0 bridgehead atoms. The van der Waals surface area contributed by atoms with Crippen molar-refractivity contribution < 1.29 is 4.42 Å². The maximum absolute atomic E-state index is 6.29. The van der Waals surface area contributed by atoms with E-state index in [0.29, 0.717) is 0 Å². The number of fused-ring (bicyclic) bond motifs is 9. The molecule has 2 aliphatic carbocycles. The third kappa shape index (κ3) is 4.56. The van der Waals surface area contributed by atoms with E-state index in [1.54, 1.807) is 0 Å². The van der Waals surface area contributed by atoms with Crippen LogP contribution in [0, 0.1) is 0 Å². The summed E-state index contributed by atoms with van der Waals surface area (Å²) in [4.78, 5) is 2.51. The van der Waals surface area contributed by atoms with Crippen LogP contribution in [0.15, 0.2) is 180 Å². The topological polar surface area (TPSA) is 16.4 Å². The first-order chi connectivity index (χ1) is 27.3. The summed E-state index contributed by atoms with van der Waals surface area (Å²) < 4.78 is 6.29. The molecule has 8 aromatic carbocycles. The largest absolute Gasteiger partial charge is 0.456 e. The third-order valence-corrected chi connectivity index (χ3v) is 12.7. The van der Waals surface area contributed by atoms with Crippen LogP contribution in [0.3, 0.4) is 0 Å². The molecule has 0 spiro atoms. The molecule has 0 atom stereocenters. The highest BCUT2D eigenvalue weighted by molar-refractivity contribution is 6.12. The number of benzene rings is 8. The lowest BCUT2D eigenvalue weighted by molar-refractivity contribution is 0.660. The van der Waals surface area contributed by atoms with Crippen LogP contribution in [0.2, 0.25) is 0 Å². The highest BCUT2D eigenvalue weighted by Crippen LogP contribution is 2.57. The van der Waals surface area contributed by atoms with E-state index in [0.717, 1.165) is 38.9 Å². The van der Waals surface area contributed by atoms with Gasteiger partial charge >= 0.3 is 0 Å². The lowest BCUT2D eigenvalue weighted by Crippen LogP contribution is -2.16. The zero-order valence-electron chi connectivity index (χ0n) is 32.1. The lowest BCUT2D eigenvalue weighted by atomic mass is 9.82. The minimum Gasteiger partial charge on any atom is -0.456 e. The first-order valence-corrected chi connectivity index (χ1v) is 19.7. The van der Waals surface area contributed by atoms with Crippen molar-refractivity contribution in [1.29, 1.82) is 0 Å². The zero-order chi connectivity index (χ0) is 37.8. The Morgan fingerprint density at radius 2 is 0.875 bits per heavy atom. The first kappa shape index (κ1) is 32.8. The molecule has 9 aromatic rings. The van der Waals surface area contributed by atoms with Crippen LogP contribution < -0.4 is 4.90 Å². The summed E-state index contributed by atoms with van der Waals surface area (Å²) in [7, 11) is 0. The summed E-state index contributed by atoms with van der Waals surface area (Å²) in [5.74, 6) is 0. The zero-order valence-corrected chi connectivity index (χ0v) is 32.1. The van der Waals surface area contributed by atoms with E-state index in [1.165, 1.54) is 66.9 Å². The minimum atomic E-state index is -0.126. The van der Waals surface area contributed by atoms with Gasteiger partial charge in [0.1, 0.15) is 11.2 Å². The lowest BCUT2D eigenvalue weighted by Gasteiger charge is -2.31. The van der Waals surface area contributed by atoms with E-state index in [2.05, 4.69) is 202 Å². The van der Waals surface area contributed by atoms with Crippen LogP contribution in [0.5, 0.6) is 0 Å². The molecule has 0 unspecified atom stereocenters. The molecule has 0 amide bonds. The smallest absolute Gasteiger partial charge is 0.136 e. The highest BCUT2D eigenvalue weighted by atomic mass is 16.3. The molecule has 0 aliphatic heterocycles. The van der Waals surface area contributed by atoms with Gasteiger partial charge in [0.2, 0.25) is 0 Å². The van der Waals surface area contributed by atoms with E-state index >= 15 is 0 Å². The summed E-state index contributed by atoms with van der Waals surface area (Å²) in [6.45, 7) is 9.45. The van der Waals surface area contributed by atoms with Crippen LogP contribution in [-0.4, -0.2) is 0 Å². The van der Waals surface area contributed by atoms with Crippen LogP contribution in [0.4, 0.5) is 17.1 Å². The Labute approximate surface area is 328 Å². The predicted octanol–water partition coefficient (Wildman–Crippen LogP) is 15.0. The average molecular weight is 720 g/mol. The molecular formula is C54H41NO. The van der Waals surface area contributed by atoms with Gasteiger partial charge in [-0.25, -0.2) is 0 Å². The number of anilines is 3. The first-order valence-electron chi connectivity index (χ1n) is 19.7. The van der Waals surface area contributed by atoms with Gasteiger partial charge in [-0.1, -0.05) is 167 Å². The number of furan rings is 1. The summed E-state index contributed by atoms with van der Waals surface area (Å²) >= 11 is 0. The van der Waals surface area contributed by atoms with E-state index in [9.17, 15) is 0 Å². The SMILES string of the molecule is CC1(C)c2ccccc2-c2c(-c3ccccc3N(c3ccc(-c4cccc5oc6ccccc6c45)cc3)c3cccc4c3-c3ccccc3C4(C)C)cccc21. The molecule has 0 saturated carbocycles. The monoisotopic (exact) mass is 719 g/mol. The minimum absolute atomic E-state index is 0.0921. The fraction of sp³-hybridized carbons (Fsp3) is 0.111. The van der Waals surface area contributed by atoms with Crippen molar-refractivity contribution in [3.05, 3.63) is 198 Å². The standard InChI is InChI=1S/C54H41NO/c1-53(2)42-22-9-5-17-39(42)50-38(21-13-24-44(50)53)37-16-7-11-26-46(37)55(47-27-15-25-45-52(47)40-18-6-10-23-43(40)54(45,3)4)35-32-30-34(31-33-35)36-20-14-29-49-51(36)41-19-8-12-28-48(41)56-49/h5-33H,1-4H3. The Bertz CT molecular complexity index is 3030. The second-order valence-corrected chi connectivity index (χ2v) is 16.4.